The Bertz CT molecular complexity index is 516. The molecule has 0 unspecified atom stereocenters. The normalized spacial score (nSPS) is 9.62. The molecule has 7 heteroatoms. The average molecular weight is 294 g/mol. The summed E-state index contributed by atoms with van der Waals surface area (Å²) in [5.41, 5.74) is 1.01. The maximum atomic E-state index is 11.4. The van der Waals surface area contributed by atoms with Crippen molar-refractivity contribution in [2.75, 3.05) is 26.8 Å². The molecule has 0 saturated heterocycles. The number of carbonyl (C=O) groups is 3. The highest BCUT2D eigenvalue weighted by molar-refractivity contribution is 5.86. The molecule has 0 aliphatic rings. The number of aryl methyl sites for hydroxylation is 1. The molecular formula is C14H18N2O5. The van der Waals surface area contributed by atoms with Crippen molar-refractivity contribution in [3.8, 4) is 5.75 Å². The predicted molar refractivity (Wildman–Crippen MR) is 74.7 cm³/mol. The Kier molecular flexibility index (Phi) is 6.73. The van der Waals surface area contributed by atoms with Crippen molar-refractivity contribution in [3.63, 3.8) is 0 Å². The molecule has 0 saturated carbocycles. The Morgan fingerprint density at radius 3 is 2.57 bits per heavy atom. The van der Waals surface area contributed by atoms with Crippen LogP contribution in [-0.2, 0) is 19.1 Å². The van der Waals surface area contributed by atoms with Crippen LogP contribution in [0.25, 0.3) is 0 Å². The molecule has 21 heavy (non-hydrogen) atoms. The van der Waals surface area contributed by atoms with Crippen molar-refractivity contribution in [3.05, 3.63) is 29.8 Å². The summed E-state index contributed by atoms with van der Waals surface area (Å²) < 4.78 is 9.94. The first-order chi connectivity index (χ1) is 10.0. The molecular weight excluding hydrogens is 276 g/mol. The molecule has 0 radical (unpaired) electrons. The molecule has 0 aromatic heterocycles. The first kappa shape index (κ1) is 16.5. The number of rotatable bonds is 7. The molecule has 1 rings (SSSR count). The lowest BCUT2D eigenvalue weighted by atomic mass is 10.2. The maximum absolute atomic E-state index is 11.4. The van der Waals surface area contributed by atoms with E-state index in [0.717, 1.165) is 5.56 Å². The van der Waals surface area contributed by atoms with Gasteiger partial charge in [0.2, 0.25) is 5.91 Å². The van der Waals surface area contributed by atoms with Crippen LogP contribution in [0.5, 0.6) is 5.75 Å². The van der Waals surface area contributed by atoms with Crippen LogP contribution in [0.2, 0.25) is 0 Å². The minimum absolute atomic E-state index is 0.160. The number of benzene rings is 1. The molecule has 1 aromatic carbocycles. The molecule has 114 valence electrons. The number of ether oxygens (including phenoxy) is 2. The van der Waals surface area contributed by atoms with E-state index >= 15 is 0 Å². The van der Waals surface area contributed by atoms with E-state index in [2.05, 4.69) is 10.6 Å². The van der Waals surface area contributed by atoms with Gasteiger partial charge in [0.25, 0.3) is 5.91 Å². The van der Waals surface area contributed by atoms with Gasteiger partial charge in [-0.25, -0.2) is 4.79 Å². The van der Waals surface area contributed by atoms with Crippen LogP contribution in [0.3, 0.4) is 0 Å². The van der Waals surface area contributed by atoms with Gasteiger partial charge in [0.1, 0.15) is 5.75 Å². The van der Waals surface area contributed by atoms with Crippen molar-refractivity contribution in [1.29, 1.82) is 0 Å². The second-order valence-electron chi connectivity index (χ2n) is 4.22. The van der Waals surface area contributed by atoms with E-state index in [9.17, 15) is 14.4 Å². The molecule has 0 bridgehead atoms. The largest absolute Gasteiger partial charge is 0.482 e. The van der Waals surface area contributed by atoms with Crippen LogP contribution in [0.4, 0.5) is 0 Å². The highest BCUT2D eigenvalue weighted by Gasteiger charge is 2.09. The standard InChI is InChI=1S/C14H18N2O5/c1-10-4-3-5-11(6-10)20-9-14(19)21-8-13(18)16-7-12(17)15-2/h3-6H,7-9H2,1-2H3,(H,15,17)(H,16,18). The summed E-state index contributed by atoms with van der Waals surface area (Å²) in [4.78, 5) is 33.6. The highest BCUT2D eigenvalue weighted by Crippen LogP contribution is 2.11. The Morgan fingerprint density at radius 1 is 1.14 bits per heavy atom. The second-order valence-corrected chi connectivity index (χ2v) is 4.22. The summed E-state index contributed by atoms with van der Waals surface area (Å²) in [5, 5.41) is 4.65. The van der Waals surface area contributed by atoms with Gasteiger partial charge >= 0.3 is 5.97 Å². The Labute approximate surface area is 122 Å². The van der Waals surface area contributed by atoms with Gasteiger partial charge < -0.3 is 20.1 Å². The van der Waals surface area contributed by atoms with Crippen LogP contribution in [0, 0.1) is 6.92 Å². The third kappa shape index (κ3) is 6.95. The summed E-state index contributed by atoms with van der Waals surface area (Å²) in [6.07, 6.45) is 0. The Balaban J connectivity index is 2.22. The minimum atomic E-state index is -0.661. The lowest BCUT2D eigenvalue weighted by Crippen LogP contribution is -2.37. The minimum Gasteiger partial charge on any atom is -0.482 e. The summed E-state index contributed by atoms with van der Waals surface area (Å²) in [6.45, 7) is 1.01. The van der Waals surface area contributed by atoms with Crippen LogP contribution < -0.4 is 15.4 Å². The molecule has 0 atom stereocenters. The average Bonchev–Trinajstić information content (AvgIpc) is 2.48. The molecule has 1 aromatic rings. The fourth-order valence-corrected chi connectivity index (χ4v) is 1.35. The number of nitrogens with one attached hydrogen (secondary N) is 2. The first-order valence-electron chi connectivity index (χ1n) is 6.33. The lowest BCUT2D eigenvalue weighted by Gasteiger charge is -2.08. The maximum Gasteiger partial charge on any atom is 0.344 e. The van der Waals surface area contributed by atoms with Gasteiger partial charge in [-0.05, 0) is 24.6 Å². The van der Waals surface area contributed by atoms with Gasteiger partial charge in [-0.15, -0.1) is 0 Å². The summed E-state index contributed by atoms with van der Waals surface area (Å²) in [7, 11) is 1.46. The third-order valence-corrected chi connectivity index (χ3v) is 2.44. The van der Waals surface area contributed by atoms with Crippen LogP contribution >= 0.6 is 0 Å². The van der Waals surface area contributed by atoms with Gasteiger partial charge in [-0.1, -0.05) is 12.1 Å². The molecule has 0 heterocycles. The van der Waals surface area contributed by atoms with Crippen molar-refractivity contribution >= 4 is 17.8 Å². The zero-order valence-corrected chi connectivity index (χ0v) is 12.0. The zero-order valence-electron chi connectivity index (χ0n) is 12.0. The van der Waals surface area contributed by atoms with E-state index in [0.29, 0.717) is 5.75 Å². The first-order valence-corrected chi connectivity index (χ1v) is 6.33. The van der Waals surface area contributed by atoms with E-state index in [4.69, 9.17) is 9.47 Å². The fraction of sp³-hybridized carbons (Fsp3) is 0.357. The van der Waals surface area contributed by atoms with Crippen LogP contribution in [0.15, 0.2) is 24.3 Å². The van der Waals surface area contributed by atoms with Gasteiger partial charge in [0.05, 0.1) is 6.54 Å². The molecule has 2 amide bonds. The van der Waals surface area contributed by atoms with Gasteiger partial charge in [0.15, 0.2) is 13.2 Å². The van der Waals surface area contributed by atoms with E-state index in [-0.39, 0.29) is 19.1 Å². The molecule has 0 spiro atoms. The molecule has 7 nitrogen and oxygen atoms in total. The van der Waals surface area contributed by atoms with E-state index in [1.807, 2.05) is 19.1 Å². The number of amides is 2. The van der Waals surface area contributed by atoms with Crippen LogP contribution in [0.1, 0.15) is 5.56 Å². The molecule has 0 fully saturated rings. The van der Waals surface area contributed by atoms with Gasteiger partial charge in [0, 0.05) is 7.05 Å². The van der Waals surface area contributed by atoms with E-state index in [1.165, 1.54) is 7.05 Å². The Morgan fingerprint density at radius 2 is 1.90 bits per heavy atom. The summed E-state index contributed by atoms with van der Waals surface area (Å²) in [5.74, 6) is -0.998. The number of esters is 1. The lowest BCUT2D eigenvalue weighted by molar-refractivity contribution is -0.150. The molecule has 0 aliphatic heterocycles. The van der Waals surface area contributed by atoms with Crippen molar-refractivity contribution in [1.82, 2.24) is 10.6 Å². The van der Waals surface area contributed by atoms with Crippen molar-refractivity contribution in [2.45, 2.75) is 6.92 Å². The topological polar surface area (TPSA) is 93.7 Å². The fourth-order valence-electron chi connectivity index (χ4n) is 1.35. The van der Waals surface area contributed by atoms with E-state index in [1.54, 1.807) is 12.1 Å². The van der Waals surface area contributed by atoms with Gasteiger partial charge in [-0.3, -0.25) is 9.59 Å². The zero-order chi connectivity index (χ0) is 15.7. The smallest absolute Gasteiger partial charge is 0.344 e. The van der Waals surface area contributed by atoms with E-state index < -0.39 is 18.5 Å². The van der Waals surface area contributed by atoms with Crippen molar-refractivity contribution in [2.24, 2.45) is 0 Å². The third-order valence-electron chi connectivity index (χ3n) is 2.44. The number of likely N-dealkylation sites (N-methyl/N-ethyl adjacent to an activating group) is 1. The van der Waals surface area contributed by atoms with Crippen molar-refractivity contribution < 1.29 is 23.9 Å². The predicted octanol–water partition coefficient (Wildman–Crippen LogP) is -0.221. The quantitative estimate of drug-likeness (QED) is 0.678. The highest BCUT2D eigenvalue weighted by atomic mass is 16.6. The Hall–Kier alpha value is -2.57. The van der Waals surface area contributed by atoms with Gasteiger partial charge in [-0.2, -0.15) is 0 Å². The number of hydrogen-bond donors (Lipinski definition) is 2. The summed E-state index contributed by atoms with van der Waals surface area (Å²) >= 11 is 0. The second kappa shape index (κ2) is 8.57. The monoisotopic (exact) mass is 294 g/mol. The summed E-state index contributed by atoms with van der Waals surface area (Å²) in [6, 6.07) is 7.21. The molecule has 2 N–H and O–H groups in total. The molecule has 0 aliphatic carbocycles. The SMILES string of the molecule is CNC(=O)CNC(=O)COC(=O)COc1cccc(C)c1. The number of hydrogen-bond acceptors (Lipinski definition) is 5. The number of carbonyl (C=O) groups excluding carboxylic acids is 3. The van der Waals surface area contributed by atoms with Crippen LogP contribution in [-0.4, -0.2) is 44.6 Å².